The standard InChI is InChI=1S/C15H16ClN3O2/c1-8(2)14-17-7-12(13(19-14)15(20)21)18-11-6-4-5-10(16)9(11)3/h4-8,18H,1-3H3,(H,20,21). The number of halogens is 1. The fourth-order valence-electron chi connectivity index (χ4n) is 1.82. The van der Waals surface area contributed by atoms with Crippen molar-refractivity contribution in [3.8, 4) is 0 Å². The number of carboxylic acid groups (broad SMARTS) is 1. The van der Waals surface area contributed by atoms with Gasteiger partial charge in [-0.25, -0.2) is 14.8 Å². The van der Waals surface area contributed by atoms with Gasteiger partial charge < -0.3 is 10.4 Å². The summed E-state index contributed by atoms with van der Waals surface area (Å²) in [5.41, 5.74) is 1.86. The van der Waals surface area contributed by atoms with E-state index in [4.69, 9.17) is 11.6 Å². The molecule has 21 heavy (non-hydrogen) atoms. The summed E-state index contributed by atoms with van der Waals surface area (Å²) in [5, 5.41) is 13.0. The molecule has 6 heteroatoms. The summed E-state index contributed by atoms with van der Waals surface area (Å²) >= 11 is 6.06. The minimum absolute atomic E-state index is 0.0481. The monoisotopic (exact) mass is 305 g/mol. The highest BCUT2D eigenvalue weighted by Gasteiger charge is 2.16. The van der Waals surface area contributed by atoms with Crippen molar-refractivity contribution in [1.29, 1.82) is 0 Å². The molecule has 0 atom stereocenters. The van der Waals surface area contributed by atoms with Crippen LogP contribution in [0.5, 0.6) is 0 Å². The van der Waals surface area contributed by atoms with Crippen LogP contribution >= 0.6 is 11.6 Å². The summed E-state index contributed by atoms with van der Waals surface area (Å²) in [5.74, 6) is -0.535. The van der Waals surface area contributed by atoms with E-state index in [1.807, 2.05) is 26.8 Å². The van der Waals surface area contributed by atoms with Crippen LogP contribution in [0.2, 0.25) is 5.02 Å². The molecule has 1 heterocycles. The van der Waals surface area contributed by atoms with Gasteiger partial charge in [0.2, 0.25) is 0 Å². The Balaban J connectivity index is 2.44. The number of nitrogens with zero attached hydrogens (tertiary/aromatic N) is 2. The van der Waals surface area contributed by atoms with E-state index in [9.17, 15) is 9.90 Å². The molecular formula is C15H16ClN3O2. The minimum atomic E-state index is -1.10. The van der Waals surface area contributed by atoms with Crippen molar-refractivity contribution < 1.29 is 9.90 Å². The Bertz CT molecular complexity index is 687. The largest absolute Gasteiger partial charge is 0.476 e. The first kappa shape index (κ1) is 15.3. The van der Waals surface area contributed by atoms with Gasteiger partial charge in [-0.1, -0.05) is 31.5 Å². The zero-order valence-corrected chi connectivity index (χ0v) is 12.8. The molecule has 2 rings (SSSR count). The van der Waals surface area contributed by atoms with Gasteiger partial charge in [0.25, 0.3) is 0 Å². The van der Waals surface area contributed by atoms with Gasteiger partial charge in [-0.2, -0.15) is 0 Å². The fraction of sp³-hybridized carbons (Fsp3) is 0.267. The van der Waals surface area contributed by atoms with Gasteiger partial charge in [-0.3, -0.25) is 0 Å². The number of rotatable bonds is 4. The second-order valence-electron chi connectivity index (χ2n) is 4.99. The third-order valence-electron chi connectivity index (χ3n) is 3.06. The zero-order valence-electron chi connectivity index (χ0n) is 12.0. The number of aromatic nitrogens is 2. The molecule has 0 radical (unpaired) electrons. The highest BCUT2D eigenvalue weighted by Crippen LogP contribution is 2.27. The van der Waals surface area contributed by atoms with Gasteiger partial charge in [-0.05, 0) is 24.6 Å². The van der Waals surface area contributed by atoms with Gasteiger partial charge in [0.1, 0.15) is 5.82 Å². The molecule has 0 spiro atoms. The van der Waals surface area contributed by atoms with Crippen LogP contribution in [0.1, 0.15) is 41.6 Å². The van der Waals surface area contributed by atoms with Crippen molar-refractivity contribution in [2.75, 3.05) is 5.32 Å². The van der Waals surface area contributed by atoms with Crippen molar-refractivity contribution in [1.82, 2.24) is 9.97 Å². The Hall–Kier alpha value is -2.14. The molecule has 0 unspecified atom stereocenters. The van der Waals surface area contributed by atoms with Crippen LogP contribution in [0.4, 0.5) is 11.4 Å². The van der Waals surface area contributed by atoms with E-state index in [1.54, 1.807) is 12.1 Å². The minimum Gasteiger partial charge on any atom is -0.476 e. The summed E-state index contributed by atoms with van der Waals surface area (Å²) in [6, 6.07) is 5.39. The topological polar surface area (TPSA) is 75.1 Å². The average Bonchev–Trinajstić information content (AvgIpc) is 2.43. The van der Waals surface area contributed by atoms with Gasteiger partial charge in [0, 0.05) is 16.6 Å². The number of hydrogen-bond donors (Lipinski definition) is 2. The number of hydrogen-bond acceptors (Lipinski definition) is 4. The van der Waals surface area contributed by atoms with Crippen LogP contribution in [0, 0.1) is 6.92 Å². The molecule has 0 aliphatic carbocycles. The Morgan fingerprint density at radius 2 is 2.05 bits per heavy atom. The molecule has 110 valence electrons. The molecule has 2 N–H and O–H groups in total. The maximum Gasteiger partial charge on any atom is 0.356 e. The van der Waals surface area contributed by atoms with Crippen molar-refractivity contribution in [2.24, 2.45) is 0 Å². The first-order valence-corrected chi connectivity index (χ1v) is 6.90. The van der Waals surface area contributed by atoms with E-state index in [2.05, 4.69) is 15.3 Å². The zero-order chi connectivity index (χ0) is 15.6. The lowest BCUT2D eigenvalue weighted by Crippen LogP contribution is -2.10. The molecule has 0 bridgehead atoms. The van der Waals surface area contributed by atoms with Gasteiger partial charge in [-0.15, -0.1) is 0 Å². The Labute approximate surface area is 128 Å². The third-order valence-corrected chi connectivity index (χ3v) is 3.47. The first-order valence-electron chi connectivity index (χ1n) is 6.52. The quantitative estimate of drug-likeness (QED) is 0.893. The fourth-order valence-corrected chi connectivity index (χ4v) is 1.99. The number of carbonyl (C=O) groups is 1. The molecular weight excluding hydrogens is 290 g/mol. The maximum atomic E-state index is 11.4. The highest BCUT2D eigenvalue weighted by atomic mass is 35.5. The molecule has 2 aromatic rings. The normalized spacial score (nSPS) is 10.7. The van der Waals surface area contributed by atoms with Crippen LogP contribution < -0.4 is 5.32 Å². The Morgan fingerprint density at radius 1 is 1.33 bits per heavy atom. The van der Waals surface area contributed by atoms with E-state index < -0.39 is 5.97 Å². The van der Waals surface area contributed by atoms with Gasteiger partial charge in [0.05, 0.1) is 11.9 Å². The van der Waals surface area contributed by atoms with Crippen LogP contribution in [-0.4, -0.2) is 21.0 Å². The van der Waals surface area contributed by atoms with Gasteiger partial charge >= 0.3 is 5.97 Å². The summed E-state index contributed by atoms with van der Waals surface area (Å²) in [6.07, 6.45) is 1.49. The Kier molecular flexibility index (Phi) is 4.43. The molecule has 1 aromatic carbocycles. The lowest BCUT2D eigenvalue weighted by Gasteiger charge is -2.13. The SMILES string of the molecule is Cc1c(Cl)cccc1Nc1cnc(C(C)C)nc1C(=O)O. The summed E-state index contributed by atoms with van der Waals surface area (Å²) < 4.78 is 0. The molecule has 0 amide bonds. The van der Waals surface area contributed by atoms with Crippen molar-refractivity contribution in [3.63, 3.8) is 0 Å². The van der Waals surface area contributed by atoms with Crippen LogP contribution in [0.25, 0.3) is 0 Å². The van der Waals surface area contributed by atoms with E-state index in [-0.39, 0.29) is 11.6 Å². The van der Waals surface area contributed by atoms with Crippen molar-refractivity contribution in [2.45, 2.75) is 26.7 Å². The number of carboxylic acids is 1. The van der Waals surface area contributed by atoms with E-state index in [1.165, 1.54) is 6.20 Å². The number of anilines is 2. The van der Waals surface area contributed by atoms with Crippen LogP contribution in [0.15, 0.2) is 24.4 Å². The molecule has 1 aromatic heterocycles. The summed E-state index contributed by atoms with van der Waals surface area (Å²) in [4.78, 5) is 19.7. The molecule has 0 aliphatic rings. The van der Waals surface area contributed by atoms with Crippen molar-refractivity contribution >= 4 is 28.9 Å². The molecule has 0 saturated carbocycles. The third kappa shape index (κ3) is 3.31. The number of nitrogens with one attached hydrogen (secondary N) is 1. The van der Waals surface area contributed by atoms with Crippen LogP contribution in [-0.2, 0) is 0 Å². The van der Waals surface area contributed by atoms with E-state index in [0.717, 1.165) is 11.3 Å². The Morgan fingerprint density at radius 3 is 2.67 bits per heavy atom. The van der Waals surface area contributed by atoms with E-state index in [0.29, 0.717) is 16.5 Å². The maximum absolute atomic E-state index is 11.4. The predicted molar refractivity (Wildman–Crippen MR) is 82.6 cm³/mol. The summed E-state index contributed by atoms with van der Waals surface area (Å²) in [7, 11) is 0. The van der Waals surface area contributed by atoms with Crippen molar-refractivity contribution in [3.05, 3.63) is 46.5 Å². The second-order valence-corrected chi connectivity index (χ2v) is 5.39. The lowest BCUT2D eigenvalue weighted by atomic mass is 10.1. The molecule has 0 saturated heterocycles. The lowest BCUT2D eigenvalue weighted by molar-refractivity contribution is 0.0691. The van der Waals surface area contributed by atoms with Crippen LogP contribution in [0.3, 0.4) is 0 Å². The first-order chi connectivity index (χ1) is 9.90. The smallest absolute Gasteiger partial charge is 0.356 e. The van der Waals surface area contributed by atoms with E-state index >= 15 is 0 Å². The molecule has 0 fully saturated rings. The molecule has 0 aliphatic heterocycles. The molecule has 5 nitrogen and oxygen atoms in total. The van der Waals surface area contributed by atoms with Gasteiger partial charge in [0.15, 0.2) is 5.69 Å². The highest BCUT2D eigenvalue weighted by molar-refractivity contribution is 6.31. The predicted octanol–water partition coefficient (Wildman–Crippen LogP) is 4.00. The second kappa shape index (κ2) is 6.10. The summed E-state index contributed by atoms with van der Waals surface area (Å²) in [6.45, 7) is 5.68. The average molecular weight is 306 g/mol. The number of aromatic carboxylic acids is 1. The number of benzene rings is 1.